The van der Waals surface area contributed by atoms with Crippen molar-refractivity contribution in [3.63, 3.8) is 0 Å². The molecule has 2 aromatic heterocycles. The van der Waals surface area contributed by atoms with Gasteiger partial charge in [0.15, 0.2) is 6.61 Å². The number of carbonyl (C=O) groups excluding carboxylic acids is 2. The van der Waals surface area contributed by atoms with Gasteiger partial charge in [-0.3, -0.25) is 9.59 Å². The van der Waals surface area contributed by atoms with E-state index in [4.69, 9.17) is 0 Å². The van der Waals surface area contributed by atoms with E-state index in [1.54, 1.807) is 12.3 Å². The summed E-state index contributed by atoms with van der Waals surface area (Å²) in [7, 11) is 0. The van der Waals surface area contributed by atoms with Gasteiger partial charge in [0.05, 0.1) is 0 Å². The zero-order chi connectivity index (χ0) is 16.2. The third-order valence-electron chi connectivity index (χ3n) is 3.29. The van der Waals surface area contributed by atoms with E-state index < -0.39 is 5.97 Å². The number of aromatic amines is 1. The first kappa shape index (κ1) is 14.8. The Kier molecular flexibility index (Phi) is 4.05. The SMILES string of the molecule is CC(=O)OCC(=O)Nc1cccc(-c2cnc3[nH]ccc3c2)c1. The Labute approximate surface area is 132 Å². The predicted octanol–water partition coefficient (Wildman–Crippen LogP) is 2.73. The number of aromatic nitrogens is 2. The third kappa shape index (κ3) is 3.55. The summed E-state index contributed by atoms with van der Waals surface area (Å²) in [4.78, 5) is 29.8. The second-order valence-electron chi connectivity index (χ2n) is 5.05. The Morgan fingerprint density at radius 3 is 2.91 bits per heavy atom. The van der Waals surface area contributed by atoms with Gasteiger partial charge in [-0.15, -0.1) is 0 Å². The highest BCUT2D eigenvalue weighted by atomic mass is 16.5. The van der Waals surface area contributed by atoms with Crippen molar-refractivity contribution in [2.75, 3.05) is 11.9 Å². The molecule has 2 N–H and O–H groups in total. The van der Waals surface area contributed by atoms with Crippen molar-refractivity contribution in [2.45, 2.75) is 6.92 Å². The Morgan fingerprint density at radius 1 is 1.22 bits per heavy atom. The number of pyridine rings is 1. The molecule has 2 heterocycles. The summed E-state index contributed by atoms with van der Waals surface area (Å²) in [6, 6.07) is 11.4. The average Bonchev–Trinajstić information content (AvgIpc) is 3.00. The van der Waals surface area contributed by atoms with E-state index in [1.165, 1.54) is 6.92 Å². The highest BCUT2D eigenvalue weighted by Crippen LogP contribution is 2.24. The van der Waals surface area contributed by atoms with Crippen molar-refractivity contribution < 1.29 is 14.3 Å². The van der Waals surface area contributed by atoms with Gasteiger partial charge in [0.2, 0.25) is 0 Å². The molecule has 0 aliphatic carbocycles. The molecule has 6 heteroatoms. The number of fused-ring (bicyclic) bond motifs is 1. The fraction of sp³-hybridized carbons (Fsp3) is 0.118. The molecule has 3 aromatic rings. The lowest BCUT2D eigenvalue weighted by atomic mass is 10.1. The third-order valence-corrected chi connectivity index (χ3v) is 3.29. The zero-order valence-electron chi connectivity index (χ0n) is 12.5. The number of amides is 1. The second-order valence-corrected chi connectivity index (χ2v) is 5.05. The molecule has 0 aliphatic rings. The molecule has 6 nitrogen and oxygen atoms in total. The van der Waals surface area contributed by atoms with Crippen LogP contribution in [0.1, 0.15) is 6.92 Å². The maximum atomic E-state index is 11.7. The van der Waals surface area contributed by atoms with E-state index in [2.05, 4.69) is 20.0 Å². The van der Waals surface area contributed by atoms with Gasteiger partial charge in [-0.2, -0.15) is 0 Å². The summed E-state index contributed by atoms with van der Waals surface area (Å²) in [5.41, 5.74) is 3.35. The normalized spacial score (nSPS) is 10.5. The van der Waals surface area contributed by atoms with E-state index in [0.29, 0.717) is 5.69 Å². The number of hydrogen-bond acceptors (Lipinski definition) is 4. The quantitative estimate of drug-likeness (QED) is 0.726. The first-order valence-corrected chi connectivity index (χ1v) is 7.08. The highest BCUT2D eigenvalue weighted by Gasteiger charge is 2.06. The Hall–Kier alpha value is -3.15. The van der Waals surface area contributed by atoms with Crippen LogP contribution in [-0.2, 0) is 14.3 Å². The average molecular weight is 309 g/mol. The number of anilines is 1. The topological polar surface area (TPSA) is 84.1 Å². The molecule has 0 radical (unpaired) electrons. The van der Waals surface area contributed by atoms with Gasteiger partial charge in [-0.25, -0.2) is 4.98 Å². The van der Waals surface area contributed by atoms with Gasteiger partial charge in [0.1, 0.15) is 5.65 Å². The van der Waals surface area contributed by atoms with Gasteiger partial charge in [-0.1, -0.05) is 12.1 Å². The number of nitrogens with one attached hydrogen (secondary N) is 2. The lowest BCUT2D eigenvalue weighted by molar-refractivity contribution is -0.144. The maximum absolute atomic E-state index is 11.7. The summed E-state index contributed by atoms with van der Waals surface area (Å²) < 4.78 is 4.67. The maximum Gasteiger partial charge on any atom is 0.303 e. The minimum atomic E-state index is -0.486. The molecule has 1 aromatic carbocycles. The van der Waals surface area contributed by atoms with E-state index >= 15 is 0 Å². The predicted molar refractivity (Wildman–Crippen MR) is 86.8 cm³/mol. The summed E-state index contributed by atoms with van der Waals surface area (Å²) in [6.45, 7) is 0.967. The molecule has 116 valence electrons. The van der Waals surface area contributed by atoms with Crippen LogP contribution in [0.2, 0.25) is 0 Å². The van der Waals surface area contributed by atoms with Crippen LogP contribution in [0.25, 0.3) is 22.2 Å². The molecule has 0 saturated heterocycles. The van der Waals surface area contributed by atoms with E-state index in [-0.39, 0.29) is 12.5 Å². The largest absolute Gasteiger partial charge is 0.456 e. The van der Waals surface area contributed by atoms with E-state index in [9.17, 15) is 9.59 Å². The summed E-state index contributed by atoms with van der Waals surface area (Å²) >= 11 is 0. The number of carbonyl (C=O) groups is 2. The molecule has 0 spiro atoms. The molecule has 0 unspecified atom stereocenters. The van der Waals surface area contributed by atoms with Crippen molar-refractivity contribution in [3.8, 4) is 11.1 Å². The highest BCUT2D eigenvalue weighted by molar-refractivity contribution is 5.93. The zero-order valence-corrected chi connectivity index (χ0v) is 12.5. The fourth-order valence-electron chi connectivity index (χ4n) is 2.24. The molecule has 23 heavy (non-hydrogen) atoms. The number of esters is 1. The Balaban J connectivity index is 1.79. The first-order chi connectivity index (χ1) is 11.1. The Morgan fingerprint density at radius 2 is 2.09 bits per heavy atom. The number of rotatable bonds is 4. The van der Waals surface area contributed by atoms with Crippen LogP contribution in [0.4, 0.5) is 5.69 Å². The number of hydrogen-bond donors (Lipinski definition) is 2. The van der Waals surface area contributed by atoms with Gasteiger partial charge in [-0.05, 0) is 29.8 Å². The standard InChI is InChI=1S/C17H15N3O3/c1-11(21)23-10-16(22)20-15-4-2-3-12(8-15)14-7-13-5-6-18-17(13)19-9-14/h2-9H,10H2,1H3,(H,18,19)(H,20,22). The van der Waals surface area contributed by atoms with Crippen molar-refractivity contribution >= 4 is 28.6 Å². The molecule has 0 aliphatic heterocycles. The smallest absolute Gasteiger partial charge is 0.303 e. The van der Waals surface area contributed by atoms with E-state index in [0.717, 1.165) is 22.2 Å². The number of H-pyrrole nitrogens is 1. The minimum absolute atomic E-state index is 0.295. The molecule has 0 atom stereocenters. The van der Waals surface area contributed by atoms with Crippen molar-refractivity contribution in [1.82, 2.24) is 9.97 Å². The van der Waals surface area contributed by atoms with Crippen LogP contribution in [0, 0.1) is 0 Å². The summed E-state index contributed by atoms with van der Waals surface area (Å²) in [5, 5.41) is 3.72. The van der Waals surface area contributed by atoms with Gasteiger partial charge in [0.25, 0.3) is 5.91 Å². The summed E-state index contributed by atoms with van der Waals surface area (Å²) in [6.07, 6.45) is 3.62. The minimum Gasteiger partial charge on any atom is -0.456 e. The molecule has 0 saturated carbocycles. The summed E-state index contributed by atoms with van der Waals surface area (Å²) in [5.74, 6) is -0.864. The molecule has 1 amide bonds. The molecule has 0 fully saturated rings. The van der Waals surface area contributed by atoms with Crippen molar-refractivity contribution in [1.29, 1.82) is 0 Å². The molecule has 0 bridgehead atoms. The lowest BCUT2D eigenvalue weighted by Gasteiger charge is -2.08. The van der Waals surface area contributed by atoms with Crippen LogP contribution >= 0.6 is 0 Å². The number of nitrogens with zero attached hydrogens (tertiary/aromatic N) is 1. The monoisotopic (exact) mass is 309 g/mol. The second kappa shape index (κ2) is 6.31. The molecule has 3 rings (SSSR count). The first-order valence-electron chi connectivity index (χ1n) is 7.08. The van der Waals surface area contributed by atoms with Crippen molar-refractivity contribution in [3.05, 3.63) is 48.8 Å². The molecular weight excluding hydrogens is 294 g/mol. The number of benzene rings is 1. The van der Waals surface area contributed by atoms with Crippen LogP contribution in [-0.4, -0.2) is 28.5 Å². The molecular formula is C17H15N3O3. The Bertz CT molecular complexity index is 870. The number of ether oxygens (including phenoxy) is 1. The lowest BCUT2D eigenvalue weighted by Crippen LogP contribution is -2.19. The van der Waals surface area contributed by atoms with Crippen LogP contribution in [0.5, 0.6) is 0 Å². The van der Waals surface area contributed by atoms with Crippen LogP contribution in [0.3, 0.4) is 0 Å². The van der Waals surface area contributed by atoms with E-state index in [1.807, 2.05) is 36.5 Å². The van der Waals surface area contributed by atoms with Gasteiger partial charge < -0.3 is 15.0 Å². The fourth-order valence-corrected chi connectivity index (χ4v) is 2.24. The van der Waals surface area contributed by atoms with Crippen LogP contribution < -0.4 is 5.32 Å². The van der Waals surface area contributed by atoms with Gasteiger partial charge >= 0.3 is 5.97 Å². The van der Waals surface area contributed by atoms with Crippen molar-refractivity contribution in [2.24, 2.45) is 0 Å². The van der Waals surface area contributed by atoms with Crippen LogP contribution in [0.15, 0.2) is 48.8 Å². The van der Waals surface area contributed by atoms with Gasteiger partial charge in [0, 0.05) is 36.0 Å².